The minimum Gasteiger partial charge on any atom is -0.495 e. The van der Waals surface area contributed by atoms with E-state index < -0.39 is 0 Å². The normalized spacial score (nSPS) is 24.5. The average Bonchev–Trinajstić information content (AvgIpc) is 3.28. The summed E-state index contributed by atoms with van der Waals surface area (Å²) in [4.78, 5) is 21.9. The zero-order chi connectivity index (χ0) is 20.5. The Morgan fingerprint density at radius 2 is 2.10 bits per heavy atom. The van der Waals surface area contributed by atoms with Gasteiger partial charge in [0, 0.05) is 37.4 Å². The first-order valence-corrected chi connectivity index (χ1v) is 10.4. The van der Waals surface area contributed by atoms with Crippen molar-refractivity contribution < 1.29 is 9.53 Å². The molecule has 2 aliphatic heterocycles. The second-order valence-electron chi connectivity index (χ2n) is 8.39. The third-order valence-corrected chi connectivity index (χ3v) is 6.07. The van der Waals surface area contributed by atoms with Gasteiger partial charge < -0.3 is 19.1 Å². The van der Waals surface area contributed by atoms with Gasteiger partial charge in [0.2, 0.25) is 5.91 Å². The van der Waals surface area contributed by atoms with Crippen molar-refractivity contribution in [2.45, 2.75) is 32.7 Å². The van der Waals surface area contributed by atoms with Crippen LogP contribution in [0.1, 0.15) is 31.0 Å². The molecule has 0 bridgehead atoms. The minimum atomic E-state index is 0.191. The Balaban J connectivity index is 1.59. The van der Waals surface area contributed by atoms with E-state index in [1.54, 1.807) is 13.4 Å². The van der Waals surface area contributed by atoms with Crippen LogP contribution in [-0.2, 0) is 4.79 Å². The van der Waals surface area contributed by atoms with Gasteiger partial charge in [-0.1, -0.05) is 13.0 Å². The van der Waals surface area contributed by atoms with Crippen LogP contribution in [0.5, 0.6) is 5.75 Å². The molecule has 6 nitrogen and oxygen atoms in total. The molecule has 6 heteroatoms. The smallest absolute Gasteiger partial charge is 0.250 e. The van der Waals surface area contributed by atoms with Crippen LogP contribution in [0.4, 0.5) is 0 Å². The summed E-state index contributed by atoms with van der Waals surface area (Å²) in [6, 6.07) is 6.37. The number of aromatic nitrogens is 2. The fourth-order valence-corrected chi connectivity index (χ4v) is 4.63. The summed E-state index contributed by atoms with van der Waals surface area (Å²) in [5.41, 5.74) is 3.78. The van der Waals surface area contributed by atoms with E-state index in [-0.39, 0.29) is 5.91 Å². The summed E-state index contributed by atoms with van der Waals surface area (Å²) in [6.07, 6.45) is 7.64. The summed E-state index contributed by atoms with van der Waals surface area (Å²) in [5, 5.41) is 0. The van der Waals surface area contributed by atoms with Crippen molar-refractivity contribution in [2.24, 2.45) is 5.92 Å². The van der Waals surface area contributed by atoms with E-state index in [1.165, 1.54) is 0 Å². The van der Waals surface area contributed by atoms with Crippen LogP contribution in [0, 0.1) is 12.8 Å². The minimum absolute atomic E-state index is 0.191. The second-order valence-corrected chi connectivity index (χ2v) is 8.39. The number of carbonyl (C=O) groups excluding carboxylic acids is 1. The number of benzene rings is 1. The van der Waals surface area contributed by atoms with Crippen LogP contribution >= 0.6 is 0 Å². The van der Waals surface area contributed by atoms with Crippen LogP contribution in [0.3, 0.4) is 0 Å². The molecule has 2 fully saturated rings. The van der Waals surface area contributed by atoms with Crippen LogP contribution < -0.4 is 4.74 Å². The van der Waals surface area contributed by atoms with Crippen LogP contribution in [-0.4, -0.2) is 65.1 Å². The quantitative estimate of drug-likeness (QED) is 0.748. The highest BCUT2D eigenvalue weighted by molar-refractivity contribution is 5.98. The number of ether oxygens (including phenoxy) is 1. The summed E-state index contributed by atoms with van der Waals surface area (Å²) >= 11 is 0. The molecule has 1 aromatic carbocycles. The Morgan fingerprint density at radius 1 is 1.28 bits per heavy atom. The van der Waals surface area contributed by atoms with Crippen LogP contribution in [0.2, 0.25) is 0 Å². The fourth-order valence-electron chi connectivity index (χ4n) is 4.63. The molecule has 2 saturated heterocycles. The molecule has 4 rings (SSSR count). The third-order valence-electron chi connectivity index (χ3n) is 6.07. The van der Waals surface area contributed by atoms with E-state index in [9.17, 15) is 4.79 Å². The summed E-state index contributed by atoms with van der Waals surface area (Å²) in [5.74, 6) is 1.47. The first-order chi connectivity index (χ1) is 14.0. The predicted octanol–water partition coefficient (Wildman–Crippen LogP) is 3.15. The monoisotopic (exact) mass is 394 g/mol. The van der Waals surface area contributed by atoms with Gasteiger partial charge in [-0.25, -0.2) is 4.98 Å². The lowest BCUT2D eigenvalue weighted by atomic mass is 9.96. The molecule has 154 valence electrons. The zero-order valence-electron chi connectivity index (χ0n) is 17.8. The molecule has 0 N–H and O–H groups in total. The number of likely N-dealkylation sites (tertiary alicyclic amines) is 2. The first kappa shape index (κ1) is 19.7. The zero-order valence-corrected chi connectivity index (χ0v) is 17.8. The lowest BCUT2D eigenvalue weighted by Crippen LogP contribution is -2.47. The predicted molar refractivity (Wildman–Crippen MR) is 114 cm³/mol. The van der Waals surface area contributed by atoms with Crippen molar-refractivity contribution in [3.63, 3.8) is 0 Å². The van der Waals surface area contributed by atoms with Crippen molar-refractivity contribution in [1.29, 1.82) is 0 Å². The van der Waals surface area contributed by atoms with Gasteiger partial charge in [0.05, 0.1) is 24.8 Å². The molecule has 0 spiro atoms. The average molecular weight is 395 g/mol. The second kappa shape index (κ2) is 8.03. The standard InChI is InChI=1S/C23H30N4O2/c1-16-12-25(3)14-21(16)27-9-5-6-19(23(27)28)10-18-7-8-20(22(11-18)29-4)26-13-17(2)24-15-26/h7-8,10-11,13,15-16,21H,5-6,9,12,14H2,1-4H3/b19-10+/t16-,21-/m1/s1. The van der Waals surface area contributed by atoms with Crippen LogP contribution in [0.15, 0.2) is 36.3 Å². The molecule has 0 saturated carbocycles. The molecule has 0 unspecified atom stereocenters. The molecule has 1 amide bonds. The Kier molecular flexibility index (Phi) is 5.46. The molecule has 1 aromatic heterocycles. The van der Waals surface area contributed by atoms with E-state index in [0.717, 1.165) is 60.7 Å². The number of imidazole rings is 1. The lowest BCUT2D eigenvalue weighted by molar-refractivity contribution is -0.131. The van der Waals surface area contributed by atoms with E-state index in [4.69, 9.17) is 4.74 Å². The number of likely N-dealkylation sites (N-methyl/N-ethyl adjacent to an activating group) is 1. The Labute approximate surface area is 172 Å². The molecule has 0 radical (unpaired) electrons. The van der Waals surface area contributed by atoms with Gasteiger partial charge in [-0.3, -0.25) is 4.79 Å². The number of amides is 1. The number of nitrogens with zero attached hydrogens (tertiary/aromatic N) is 4. The van der Waals surface area contributed by atoms with Crippen molar-refractivity contribution >= 4 is 12.0 Å². The van der Waals surface area contributed by atoms with Crippen molar-refractivity contribution in [3.05, 3.63) is 47.6 Å². The van der Waals surface area contributed by atoms with Gasteiger partial charge in [-0.15, -0.1) is 0 Å². The van der Waals surface area contributed by atoms with Gasteiger partial charge in [-0.2, -0.15) is 0 Å². The van der Waals surface area contributed by atoms with E-state index in [2.05, 4.69) is 28.8 Å². The molecule has 29 heavy (non-hydrogen) atoms. The summed E-state index contributed by atoms with van der Waals surface area (Å²) in [7, 11) is 3.81. The molecular weight excluding hydrogens is 364 g/mol. The van der Waals surface area contributed by atoms with E-state index in [0.29, 0.717) is 12.0 Å². The Bertz CT molecular complexity index is 933. The maximum Gasteiger partial charge on any atom is 0.250 e. The molecule has 2 aliphatic rings. The van der Waals surface area contributed by atoms with Crippen molar-refractivity contribution in [2.75, 3.05) is 33.8 Å². The molecule has 2 atom stereocenters. The SMILES string of the molecule is COc1cc(/C=C2\CCCN([C@@H]3CN(C)C[C@H]3C)C2=O)ccc1-n1cnc(C)c1. The molecule has 2 aromatic rings. The summed E-state index contributed by atoms with van der Waals surface area (Å²) in [6.45, 7) is 7.10. The van der Waals surface area contributed by atoms with Gasteiger partial charge >= 0.3 is 0 Å². The van der Waals surface area contributed by atoms with E-state index >= 15 is 0 Å². The number of piperidine rings is 1. The number of rotatable bonds is 4. The van der Waals surface area contributed by atoms with Gasteiger partial charge in [0.15, 0.2) is 0 Å². The Hall–Kier alpha value is -2.60. The third kappa shape index (κ3) is 3.94. The molecule has 0 aliphatic carbocycles. The highest BCUT2D eigenvalue weighted by Gasteiger charge is 2.37. The lowest BCUT2D eigenvalue weighted by Gasteiger charge is -2.35. The Morgan fingerprint density at radius 3 is 2.76 bits per heavy atom. The maximum absolute atomic E-state index is 13.2. The number of hydrogen-bond donors (Lipinski definition) is 0. The van der Waals surface area contributed by atoms with Gasteiger partial charge in [0.25, 0.3) is 0 Å². The number of aryl methyl sites for hydroxylation is 1. The topological polar surface area (TPSA) is 50.6 Å². The van der Waals surface area contributed by atoms with E-state index in [1.807, 2.05) is 42.0 Å². The highest BCUT2D eigenvalue weighted by Crippen LogP contribution is 2.30. The number of hydrogen-bond acceptors (Lipinski definition) is 4. The van der Waals surface area contributed by atoms with Crippen molar-refractivity contribution in [1.82, 2.24) is 19.4 Å². The van der Waals surface area contributed by atoms with Gasteiger partial charge in [-0.05, 0) is 56.5 Å². The number of carbonyl (C=O) groups is 1. The van der Waals surface area contributed by atoms with Gasteiger partial charge in [0.1, 0.15) is 5.75 Å². The number of methoxy groups -OCH3 is 1. The van der Waals surface area contributed by atoms with Crippen molar-refractivity contribution in [3.8, 4) is 11.4 Å². The first-order valence-electron chi connectivity index (χ1n) is 10.4. The maximum atomic E-state index is 13.2. The fraction of sp³-hybridized carbons (Fsp3) is 0.478. The molecule has 3 heterocycles. The molecular formula is C23H30N4O2. The highest BCUT2D eigenvalue weighted by atomic mass is 16.5. The largest absolute Gasteiger partial charge is 0.495 e. The summed E-state index contributed by atoms with van der Waals surface area (Å²) < 4.78 is 7.57. The van der Waals surface area contributed by atoms with Crippen LogP contribution in [0.25, 0.3) is 11.8 Å².